The number of fused-ring (bicyclic) bond motifs is 1. The number of nitrogens with zero attached hydrogens (tertiary/aromatic N) is 2. The van der Waals surface area contributed by atoms with Crippen LogP contribution in [-0.2, 0) is 32.5 Å². The van der Waals surface area contributed by atoms with E-state index in [1.165, 1.54) is 35.5 Å². The Morgan fingerprint density at radius 3 is 2.32 bits per heavy atom. The van der Waals surface area contributed by atoms with Gasteiger partial charge in [-0.2, -0.15) is 4.31 Å². The van der Waals surface area contributed by atoms with Gasteiger partial charge >= 0.3 is 6.09 Å². The van der Waals surface area contributed by atoms with Crippen molar-refractivity contribution >= 4 is 50.2 Å². The van der Waals surface area contributed by atoms with E-state index >= 15 is 0 Å². The summed E-state index contributed by atoms with van der Waals surface area (Å²) in [6, 6.07) is 5.62. The van der Waals surface area contributed by atoms with Crippen LogP contribution in [0, 0.1) is 0 Å². The van der Waals surface area contributed by atoms with Crippen molar-refractivity contribution in [3.8, 4) is 0 Å². The Labute approximate surface area is 218 Å². The number of benzene rings is 1. The van der Waals surface area contributed by atoms with Gasteiger partial charge in [0, 0.05) is 37.0 Å². The second-order valence-corrected chi connectivity index (χ2v) is 11.7. The van der Waals surface area contributed by atoms with Gasteiger partial charge in [0.05, 0.1) is 23.6 Å². The lowest BCUT2D eigenvalue weighted by atomic mass is 10.0. The molecule has 0 aliphatic carbocycles. The van der Waals surface area contributed by atoms with Crippen molar-refractivity contribution < 1.29 is 32.3 Å². The highest BCUT2D eigenvalue weighted by molar-refractivity contribution is 7.89. The third-order valence-electron chi connectivity index (χ3n) is 6.27. The van der Waals surface area contributed by atoms with Crippen molar-refractivity contribution in [2.24, 2.45) is 0 Å². The number of hydrogen-bond acceptors (Lipinski definition) is 8. The number of rotatable bonds is 6. The quantitative estimate of drug-likeness (QED) is 0.565. The first-order valence-electron chi connectivity index (χ1n) is 11.9. The molecular formula is C24H28N4O7S2. The summed E-state index contributed by atoms with van der Waals surface area (Å²) in [5.74, 6) is -1.36. The maximum Gasteiger partial charge on any atom is 0.414 e. The highest BCUT2D eigenvalue weighted by Crippen LogP contribution is 2.37. The van der Waals surface area contributed by atoms with Gasteiger partial charge in [-0.1, -0.05) is 0 Å². The van der Waals surface area contributed by atoms with Crippen LogP contribution in [-0.4, -0.2) is 67.7 Å². The molecule has 0 unspecified atom stereocenters. The Kier molecular flexibility index (Phi) is 7.95. The van der Waals surface area contributed by atoms with E-state index in [1.807, 2.05) is 0 Å². The van der Waals surface area contributed by atoms with Gasteiger partial charge < -0.3 is 15.0 Å². The summed E-state index contributed by atoms with van der Waals surface area (Å²) in [4.78, 5) is 52.3. The Balaban J connectivity index is 1.59. The number of anilines is 1. The monoisotopic (exact) mass is 548 g/mol. The molecule has 11 nitrogen and oxygen atoms in total. The zero-order chi connectivity index (χ0) is 26.7. The summed E-state index contributed by atoms with van der Waals surface area (Å²) in [5.41, 5.74) is 1.01. The lowest BCUT2D eigenvalue weighted by Gasteiger charge is -2.26. The first-order chi connectivity index (χ1) is 17.6. The number of imide groups is 1. The fraction of sp³-hybridized carbons (Fsp3) is 0.417. The predicted molar refractivity (Wildman–Crippen MR) is 136 cm³/mol. The van der Waals surface area contributed by atoms with E-state index < -0.39 is 27.9 Å². The zero-order valence-corrected chi connectivity index (χ0v) is 22.2. The molecule has 198 valence electrons. The smallest absolute Gasteiger partial charge is 0.414 e. The van der Waals surface area contributed by atoms with Gasteiger partial charge in [-0.15, -0.1) is 11.3 Å². The standard InChI is InChI=1S/C24H28N4O7S2/c1-3-35-24(32)26-22(31)20-18-10-13-27(15(2)29)14-19(18)36-23(20)25-21(30)16-6-8-17(9-7-16)37(33,34)28-11-4-5-12-28/h6-9H,3-5,10-14H2,1-2H3,(H,25,30)(H,26,31,32). The maximum absolute atomic E-state index is 13.1. The third kappa shape index (κ3) is 5.68. The van der Waals surface area contributed by atoms with E-state index in [1.54, 1.807) is 11.8 Å². The normalized spacial score (nSPS) is 15.7. The molecular weight excluding hydrogens is 520 g/mol. The lowest BCUT2D eigenvalue weighted by molar-refractivity contribution is -0.129. The summed E-state index contributed by atoms with van der Waals surface area (Å²) in [6.07, 6.45) is 1.12. The minimum absolute atomic E-state index is 0.0848. The molecule has 37 heavy (non-hydrogen) atoms. The molecule has 4 rings (SSSR count). The molecule has 2 aliphatic rings. The highest BCUT2D eigenvalue weighted by atomic mass is 32.2. The predicted octanol–water partition coefficient (Wildman–Crippen LogP) is 2.58. The minimum Gasteiger partial charge on any atom is -0.450 e. The van der Waals surface area contributed by atoms with Crippen LogP contribution >= 0.6 is 11.3 Å². The number of alkyl carbamates (subject to hydrolysis) is 1. The van der Waals surface area contributed by atoms with Crippen LogP contribution in [0.3, 0.4) is 0 Å². The van der Waals surface area contributed by atoms with E-state index in [0.29, 0.717) is 31.6 Å². The average Bonchev–Trinajstić information content (AvgIpc) is 3.52. The number of ether oxygens (including phenoxy) is 1. The maximum atomic E-state index is 13.1. The van der Waals surface area contributed by atoms with Gasteiger partial charge in [0.1, 0.15) is 5.00 Å². The van der Waals surface area contributed by atoms with Crippen LogP contribution in [0.2, 0.25) is 0 Å². The summed E-state index contributed by atoms with van der Waals surface area (Å²) in [6.45, 7) is 4.80. The van der Waals surface area contributed by atoms with Crippen molar-refractivity contribution in [1.29, 1.82) is 0 Å². The minimum atomic E-state index is -3.61. The van der Waals surface area contributed by atoms with E-state index in [2.05, 4.69) is 10.6 Å². The van der Waals surface area contributed by atoms with Crippen LogP contribution in [0.15, 0.2) is 29.2 Å². The Morgan fingerprint density at radius 1 is 1.03 bits per heavy atom. The van der Waals surface area contributed by atoms with Gasteiger partial charge in [-0.3, -0.25) is 19.7 Å². The Hall–Kier alpha value is -3.29. The van der Waals surface area contributed by atoms with Crippen molar-refractivity contribution in [2.45, 2.75) is 44.6 Å². The lowest BCUT2D eigenvalue weighted by Crippen LogP contribution is -2.35. The molecule has 13 heteroatoms. The van der Waals surface area contributed by atoms with Crippen LogP contribution in [0.1, 0.15) is 57.8 Å². The average molecular weight is 549 g/mol. The number of amides is 4. The van der Waals surface area contributed by atoms with E-state index in [9.17, 15) is 27.6 Å². The molecule has 0 bridgehead atoms. The number of thiophene rings is 1. The zero-order valence-electron chi connectivity index (χ0n) is 20.5. The van der Waals surface area contributed by atoms with Gasteiger partial charge in [0.25, 0.3) is 11.8 Å². The fourth-order valence-corrected chi connectivity index (χ4v) is 7.13. The molecule has 1 aromatic carbocycles. The topological polar surface area (TPSA) is 142 Å². The van der Waals surface area contributed by atoms with Crippen LogP contribution in [0.4, 0.5) is 9.80 Å². The number of nitrogens with one attached hydrogen (secondary N) is 2. The largest absolute Gasteiger partial charge is 0.450 e. The van der Waals surface area contributed by atoms with Gasteiger partial charge in [-0.25, -0.2) is 13.2 Å². The van der Waals surface area contributed by atoms with Gasteiger partial charge in [-0.05, 0) is 56.0 Å². The third-order valence-corrected chi connectivity index (χ3v) is 9.31. The highest BCUT2D eigenvalue weighted by Gasteiger charge is 2.31. The van der Waals surface area contributed by atoms with E-state index in [0.717, 1.165) is 29.1 Å². The fourth-order valence-electron chi connectivity index (χ4n) is 4.35. The molecule has 0 atom stereocenters. The van der Waals surface area contributed by atoms with Crippen molar-refractivity contribution in [1.82, 2.24) is 14.5 Å². The van der Waals surface area contributed by atoms with Crippen LogP contribution in [0.5, 0.6) is 0 Å². The summed E-state index contributed by atoms with van der Waals surface area (Å²) in [5, 5.41) is 5.14. The molecule has 4 amide bonds. The second kappa shape index (κ2) is 11.0. The number of carbonyl (C=O) groups is 4. The Morgan fingerprint density at radius 2 is 1.70 bits per heavy atom. The number of carbonyl (C=O) groups excluding carboxylic acids is 4. The van der Waals surface area contributed by atoms with Crippen LogP contribution < -0.4 is 10.6 Å². The molecule has 0 spiro atoms. The molecule has 2 aliphatic heterocycles. The van der Waals surface area contributed by atoms with Crippen molar-refractivity contribution in [3.63, 3.8) is 0 Å². The first kappa shape index (κ1) is 26.8. The molecule has 3 heterocycles. The van der Waals surface area contributed by atoms with E-state index in [-0.39, 0.29) is 40.1 Å². The molecule has 2 N–H and O–H groups in total. The molecule has 0 saturated carbocycles. The molecule has 2 aromatic rings. The molecule has 1 aromatic heterocycles. The first-order valence-corrected chi connectivity index (χ1v) is 14.2. The summed E-state index contributed by atoms with van der Waals surface area (Å²) < 4.78 is 31.8. The van der Waals surface area contributed by atoms with Crippen molar-refractivity contribution in [2.75, 3.05) is 31.6 Å². The Bertz CT molecular complexity index is 1330. The van der Waals surface area contributed by atoms with E-state index in [4.69, 9.17) is 4.74 Å². The van der Waals surface area contributed by atoms with Crippen molar-refractivity contribution in [3.05, 3.63) is 45.8 Å². The van der Waals surface area contributed by atoms with Gasteiger partial charge in [0.2, 0.25) is 15.9 Å². The SMILES string of the molecule is CCOC(=O)NC(=O)c1c(NC(=O)c2ccc(S(=O)(=O)N3CCCC3)cc2)sc2c1CCN(C(C)=O)C2. The second-order valence-electron chi connectivity index (χ2n) is 8.66. The number of sulfonamides is 1. The summed E-state index contributed by atoms with van der Waals surface area (Å²) in [7, 11) is -3.61. The van der Waals surface area contributed by atoms with Crippen LogP contribution in [0.25, 0.3) is 0 Å². The molecule has 1 fully saturated rings. The molecule has 0 radical (unpaired) electrons. The summed E-state index contributed by atoms with van der Waals surface area (Å²) >= 11 is 1.16. The molecule has 1 saturated heterocycles. The van der Waals surface area contributed by atoms with Gasteiger partial charge in [0.15, 0.2) is 0 Å². The number of hydrogen-bond donors (Lipinski definition) is 2.